The Labute approximate surface area is 85.7 Å². The van der Waals surface area contributed by atoms with E-state index in [9.17, 15) is 4.79 Å². The molecule has 2 bridgehead atoms. The minimum absolute atomic E-state index is 0.373. The van der Waals surface area contributed by atoms with Crippen molar-refractivity contribution in [2.45, 2.75) is 45.4 Å². The Morgan fingerprint density at radius 2 is 1.79 bits per heavy atom. The van der Waals surface area contributed by atoms with E-state index in [0.717, 1.165) is 24.2 Å². The van der Waals surface area contributed by atoms with E-state index in [1.54, 1.807) is 0 Å². The lowest BCUT2D eigenvalue weighted by atomic mass is 9.58. The number of hydrogen-bond donors (Lipinski definition) is 1. The summed E-state index contributed by atoms with van der Waals surface area (Å²) in [6.45, 7) is 2.34. The van der Waals surface area contributed by atoms with Crippen molar-refractivity contribution in [3.63, 3.8) is 0 Å². The summed E-state index contributed by atoms with van der Waals surface area (Å²) in [4.78, 5) is 10.6. The van der Waals surface area contributed by atoms with Crippen LogP contribution in [0.5, 0.6) is 0 Å². The van der Waals surface area contributed by atoms with Gasteiger partial charge in [0.2, 0.25) is 0 Å². The summed E-state index contributed by atoms with van der Waals surface area (Å²) in [6.07, 6.45) is 6.80. The van der Waals surface area contributed by atoms with E-state index in [0.29, 0.717) is 12.3 Å². The van der Waals surface area contributed by atoms with Crippen LogP contribution in [-0.4, -0.2) is 11.1 Å². The highest BCUT2D eigenvalue weighted by Gasteiger charge is 2.40. The normalized spacial score (nSPS) is 41.2. The zero-order chi connectivity index (χ0) is 10.1. The van der Waals surface area contributed by atoms with Crippen LogP contribution >= 0.6 is 0 Å². The van der Waals surface area contributed by atoms with Crippen molar-refractivity contribution >= 4 is 5.97 Å². The second-order valence-electron chi connectivity index (χ2n) is 5.13. The molecule has 0 saturated heterocycles. The molecule has 3 fully saturated rings. The smallest absolute Gasteiger partial charge is 0.303 e. The number of aliphatic carboxylic acids is 1. The molecule has 80 valence electrons. The minimum atomic E-state index is -0.626. The first-order valence-electron chi connectivity index (χ1n) is 5.90. The predicted molar refractivity (Wildman–Crippen MR) is 55.0 cm³/mol. The molecule has 2 atom stereocenters. The van der Waals surface area contributed by atoms with Crippen LogP contribution in [0.15, 0.2) is 0 Å². The van der Waals surface area contributed by atoms with E-state index in [1.165, 1.54) is 25.7 Å². The molecule has 3 saturated carbocycles. The Morgan fingerprint density at radius 3 is 2.29 bits per heavy atom. The minimum Gasteiger partial charge on any atom is -0.481 e. The maximum Gasteiger partial charge on any atom is 0.303 e. The Kier molecular flexibility index (Phi) is 2.80. The van der Waals surface area contributed by atoms with Gasteiger partial charge in [-0.3, -0.25) is 4.79 Å². The van der Waals surface area contributed by atoms with Gasteiger partial charge in [-0.05, 0) is 55.8 Å². The van der Waals surface area contributed by atoms with E-state index < -0.39 is 5.97 Å². The van der Waals surface area contributed by atoms with Gasteiger partial charge in [0.15, 0.2) is 0 Å². The molecule has 14 heavy (non-hydrogen) atoms. The highest BCUT2D eigenvalue weighted by atomic mass is 16.4. The molecule has 3 aliphatic carbocycles. The summed E-state index contributed by atoms with van der Waals surface area (Å²) in [5, 5.41) is 8.70. The molecule has 0 aromatic heterocycles. The van der Waals surface area contributed by atoms with Gasteiger partial charge in [0.1, 0.15) is 0 Å². The largest absolute Gasteiger partial charge is 0.481 e. The molecule has 0 heterocycles. The van der Waals surface area contributed by atoms with Crippen molar-refractivity contribution < 1.29 is 9.90 Å². The number of carbonyl (C=O) groups is 1. The quantitative estimate of drug-likeness (QED) is 0.753. The third kappa shape index (κ3) is 1.79. The van der Waals surface area contributed by atoms with E-state index in [1.807, 2.05) is 0 Å². The van der Waals surface area contributed by atoms with Crippen LogP contribution in [0.25, 0.3) is 0 Å². The van der Waals surface area contributed by atoms with Gasteiger partial charge in [-0.1, -0.05) is 6.92 Å². The van der Waals surface area contributed by atoms with Crippen LogP contribution in [0, 0.1) is 23.7 Å². The molecule has 0 aromatic carbocycles. The zero-order valence-electron chi connectivity index (χ0n) is 8.91. The maximum atomic E-state index is 10.6. The van der Waals surface area contributed by atoms with Crippen molar-refractivity contribution in [2.24, 2.45) is 23.7 Å². The van der Waals surface area contributed by atoms with Gasteiger partial charge in [-0.25, -0.2) is 0 Å². The molecule has 0 aromatic rings. The van der Waals surface area contributed by atoms with Crippen molar-refractivity contribution in [2.75, 3.05) is 0 Å². The van der Waals surface area contributed by atoms with Gasteiger partial charge in [0.25, 0.3) is 0 Å². The molecule has 3 aliphatic rings. The topological polar surface area (TPSA) is 37.3 Å². The van der Waals surface area contributed by atoms with Gasteiger partial charge < -0.3 is 5.11 Å². The maximum absolute atomic E-state index is 10.6. The molecule has 0 radical (unpaired) electrons. The second kappa shape index (κ2) is 3.92. The van der Waals surface area contributed by atoms with Crippen molar-refractivity contribution in [3.05, 3.63) is 0 Å². The monoisotopic (exact) mass is 196 g/mol. The summed E-state index contributed by atoms with van der Waals surface area (Å²) >= 11 is 0. The molecular formula is C12H20O2. The van der Waals surface area contributed by atoms with Gasteiger partial charge >= 0.3 is 5.97 Å². The molecule has 2 heteroatoms. The van der Waals surface area contributed by atoms with Gasteiger partial charge in [0.05, 0.1) is 0 Å². The lowest BCUT2D eigenvalue weighted by molar-refractivity contribution is -0.137. The first-order chi connectivity index (χ1) is 6.68. The fourth-order valence-corrected chi connectivity index (χ4v) is 3.67. The highest BCUT2D eigenvalue weighted by Crippen LogP contribution is 2.50. The molecular weight excluding hydrogens is 176 g/mol. The van der Waals surface area contributed by atoms with Crippen LogP contribution in [-0.2, 0) is 4.79 Å². The Hall–Kier alpha value is -0.530. The van der Waals surface area contributed by atoms with Crippen molar-refractivity contribution in [1.29, 1.82) is 0 Å². The third-order valence-electron chi connectivity index (χ3n) is 4.53. The lowest BCUT2D eigenvalue weighted by Gasteiger charge is -2.47. The fourth-order valence-electron chi connectivity index (χ4n) is 3.67. The molecule has 0 aliphatic heterocycles. The van der Waals surface area contributed by atoms with Crippen LogP contribution in [0.2, 0.25) is 0 Å². The van der Waals surface area contributed by atoms with Gasteiger partial charge in [0, 0.05) is 6.42 Å². The molecule has 2 nitrogen and oxygen atoms in total. The molecule has 2 unspecified atom stereocenters. The van der Waals surface area contributed by atoms with Crippen molar-refractivity contribution in [1.82, 2.24) is 0 Å². The first-order valence-corrected chi connectivity index (χ1v) is 5.90. The van der Waals surface area contributed by atoms with Crippen LogP contribution in [0.4, 0.5) is 0 Å². The highest BCUT2D eigenvalue weighted by molar-refractivity contribution is 5.66. The zero-order valence-corrected chi connectivity index (χ0v) is 8.91. The lowest BCUT2D eigenvalue weighted by Crippen LogP contribution is -2.38. The number of fused-ring (bicyclic) bond motifs is 3. The molecule has 3 rings (SSSR count). The van der Waals surface area contributed by atoms with E-state index in [-0.39, 0.29) is 0 Å². The summed E-state index contributed by atoms with van der Waals surface area (Å²) in [6, 6.07) is 0. The van der Waals surface area contributed by atoms with E-state index in [4.69, 9.17) is 5.11 Å². The average Bonchev–Trinajstić information content (AvgIpc) is 2.18. The van der Waals surface area contributed by atoms with Crippen molar-refractivity contribution in [3.8, 4) is 0 Å². The average molecular weight is 196 g/mol. The molecule has 0 amide bonds. The fraction of sp³-hybridized carbons (Fsp3) is 0.917. The van der Waals surface area contributed by atoms with Crippen LogP contribution in [0.1, 0.15) is 45.4 Å². The third-order valence-corrected chi connectivity index (χ3v) is 4.53. The Morgan fingerprint density at radius 1 is 1.21 bits per heavy atom. The van der Waals surface area contributed by atoms with Gasteiger partial charge in [-0.15, -0.1) is 0 Å². The predicted octanol–water partition coefficient (Wildman–Crippen LogP) is 2.92. The van der Waals surface area contributed by atoms with Crippen LogP contribution in [0.3, 0.4) is 0 Å². The first kappa shape index (κ1) is 10.0. The number of carboxylic acids is 1. The number of hydrogen-bond acceptors (Lipinski definition) is 1. The Bertz CT molecular complexity index is 214. The van der Waals surface area contributed by atoms with Gasteiger partial charge in [-0.2, -0.15) is 0 Å². The SMILES string of the molecule is CC1C2CCC(CC2)C1CCC(=O)O. The van der Waals surface area contributed by atoms with E-state index in [2.05, 4.69) is 6.92 Å². The summed E-state index contributed by atoms with van der Waals surface area (Å²) in [5.41, 5.74) is 0. The summed E-state index contributed by atoms with van der Waals surface area (Å²) in [5.74, 6) is 2.60. The molecule has 1 N–H and O–H groups in total. The van der Waals surface area contributed by atoms with E-state index >= 15 is 0 Å². The second-order valence-corrected chi connectivity index (χ2v) is 5.13. The number of carboxylic acid groups (broad SMARTS) is 1. The summed E-state index contributed by atoms with van der Waals surface area (Å²) < 4.78 is 0. The standard InChI is InChI=1S/C12H20O2/c1-8-9-2-4-10(5-3-9)11(8)6-7-12(13)14/h8-11H,2-7H2,1H3,(H,13,14). The number of rotatable bonds is 3. The Balaban J connectivity index is 1.93. The van der Waals surface area contributed by atoms with Crippen LogP contribution < -0.4 is 0 Å². The summed E-state index contributed by atoms with van der Waals surface area (Å²) in [7, 11) is 0. The molecule has 0 spiro atoms.